The highest BCUT2D eigenvalue weighted by molar-refractivity contribution is 7.14. The number of anilines is 1. The van der Waals surface area contributed by atoms with E-state index in [0.717, 1.165) is 55.5 Å². The van der Waals surface area contributed by atoms with Gasteiger partial charge in [-0.1, -0.05) is 12.2 Å². The van der Waals surface area contributed by atoms with Gasteiger partial charge in [0, 0.05) is 50.2 Å². The fourth-order valence-corrected chi connectivity index (χ4v) is 6.64. The number of thiazole rings is 1. The Hall–Kier alpha value is -2.58. The molecule has 3 fully saturated rings. The van der Waals surface area contributed by atoms with Crippen LogP contribution in [-0.2, 0) is 9.59 Å². The fourth-order valence-electron chi connectivity index (χ4n) is 5.75. The second-order valence-electron chi connectivity index (χ2n) is 9.18. The van der Waals surface area contributed by atoms with E-state index >= 15 is 0 Å². The Labute approximate surface area is 190 Å². The van der Waals surface area contributed by atoms with Crippen LogP contribution in [0, 0.1) is 29.5 Å². The lowest BCUT2D eigenvalue weighted by Crippen LogP contribution is -2.49. The minimum Gasteiger partial charge on any atom is -0.346 e. The molecule has 2 bridgehead atoms. The van der Waals surface area contributed by atoms with E-state index in [9.17, 15) is 14.0 Å². The molecule has 32 heavy (non-hydrogen) atoms. The number of benzene rings is 1. The average molecular weight is 453 g/mol. The van der Waals surface area contributed by atoms with Crippen molar-refractivity contribution in [3.05, 3.63) is 47.6 Å². The molecule has 0 radical (unpaired) electrons. The molecule has 1 aromatic heterocycles. The van der Waals surface area contributed by atoms with Gasteiger partial charge in [0.1, 0.15) is 5.82 Å². The number of nitrogens with zero attached hydrogens (tertiary/aromatic N) is 4. The second-order valence-corrected chi connectivity index (χ2v) is 10.0. The van der Waals surface area contributed by atoms with Gasteiger partial charge in [-0.15, -0.1) is 11.3 Å². The van der Waals surface area contributed by atoms with E-state index in [2.05, 4.69) is 22.0 Å². The van der Waals surface area contributed by atoms with E-state index in [1.54, 1.807) is 23.5 Å². The molecule has 0 N–H and O–H groups in total. The van der Waals surface area contributed by atoms with Gasteiger partial charge in [0.15, 0.2) is 5.13 Å². The highest BCUT2D eigenvalue weighted by atomic mass is 32.1. The monoisotopic (exact) mass is 452 g/mol. The van der Waals surface area contributed by atoms with Gasteiger partial charge in [-0.05, 0) is 42.5 Å². The van der Waals surface area contributed by atoms with Crippen molar-refractivity contribution in [2.45, 2.75) is 6.42 Å². The van der Waals surface area contributed by atoms with Crippen LogP contribution >= 0.6 is 11.3 Å². The molecule has 3 heterocycles. The molecule has 1 saturated carbocycles. The van der Waals surface area contributed by atoms with Crippen molar-refractivity contribution in [2.75, 3.05) is 44.2 Å². The topological polar surface area (TPSA) is 56.8 Å². The number of imide groups is 1. The van der Waals surface area contributed by atoms with Crippen molar-refractivity contribution in [3.63, 3.8) is 0 Å². The number of carbonyl (C=O) groups excluding carboxylic acids is 2. The van der Waals surface area contributed by atoms with Crippen LogP contribution in [0.5, 0.6) is 0 Å². The number of piperazine rings is 1. The van der Waals surface area contributed by atoms with Crippen molar-refractivity contribution in [3.8, 4) is 11.3 Å². The minimum absolute atomic E-state index is 0.0478. The summed E-state index contributed by atoms with van der Waals surface area (Å²) in [5.41, 5.74) is 1.79. The van der Waals surface area contributed by atoms with Crippen LogP contribution in [0.2, 0.25) is 0 Å². The summed E-state index contributed by atoms with van der Waals surface area (Å²) < 4.78 is 13.2. The van der Waals surface area contributed by atoms with Crippen molar-refractivity contribution < 1.29 is 14.0 Å². The maximum atomic E-state index is 13.2. The van der Waals surface area contributed by atoms with Crippen molar-refractivity contribution in [1.82, 2.24) is 14.8 Å². The lowest BCUT2D eigenvalue weighted by atomic mass is 9.85. The van der Waals surface area contributed by atoms with E-state index < -0.39 is 0 Å². The van der Waals surface area contributed by atoms with E-state index in [0.29, 0.717) is 6.54 Å². The van der Waals surface area contributed by atoms with Gasteiger partial charge in [-0.2, -0.15) is 0 Å². The molecule has 0 unspecified atom stereocenters. The summed E-state index contributed by atoms with van der Waals surface area (Å²) in [6.07, 6.45) is 5.25. The van der Waals surface area contributed by atoms with E-state index in [1.165, 1.54) is 17.0 Å². The van der Waals surface area contributed by atoms with E-state index in [4.69, 9.17) is 4.98 Å². The number of aromatic nitrogens is 1. The Morgan fingerprint density at radius 3 is 2.25 bits per heavy atom. The van der Waals surface area contributed by atoms with Crippen LogP contribution in [0.4, 0.5) is 9.52 Å². The van der Waals surface area contributed by atoms with Gasteiger partial charge in [-0.3, -0.25) is 19.4 Å². The van der Waals surface area contributed by atoms with Crippen molar-refractivity contribution in [2.24, 2.45) is 23.7 Å². The highest BCUT2D eigenvalue weighted by Gasteiger charge is 2.59. The molecule has 2 aliphatic carbocycles. The highest BCUT2D eigenvalue weighted by Crippen LogP contribution is 2.52. The zero-order valence-electron chi connectivity index (χ0n) is 17.7. The molecule has 6 rings (SSSR count). The molecule has 166 valence electrons. The summed E-state index contributed by atoms with van der Waals surface area (Å²) in [7, 11) is 0. The number of hydrogen-bond donors (Lipinski definition) is 0. The largest absolute Gasteiger partial charge is 0.346 e. The van der Waals surface area contributed by atoms with Crippen LogP contribution in [-0.4, -0.2) is 65.9 Å². The van der Waals surface area contributed by atoms with Gasteiger partial charge in [0.05, 0.1) is 17.5 Å². The molecular weight excluding hydrogens is 427 g/mol. The van der Waals surface area contributed by atoms with Crippen LogP contribution in [0.1, 0.15) is 6.42 Å². The van der Waals surface area contributed by atoms with Crippen LogP contribution in [0.25, 0.3) is 11.3 Å². The van der Waals surface area contributed by atoms with Gasteiger partial charge in [0.2, 0.25) is 11.8 Å². The first-order valence-corrected chi connectivity index (χ1v) is 12.2. The fraction of sp³-hybridized carbons (Fsp3) is 0.458. The minimum atomic E-state index is -0.245. The van der Waals surface area contributed by atoms with Crippen LogP contribution < -0.4 is 4.90 Å². The Morgan fingerprint density at radius 2 is 1.59 bits per heavy atom. The molecule has 6 nitrogen and oxygen atoms in total. The molecule has 4 aliphatic rings. The third kappa shape index (κ3) is 3.28. The summed E-state index contributed by atoms with van der Waals surface area (Å²) in [6.45, 7) is 4.69. The number of likely N-dealkylation sites (tertiary alicyclic amines) is 1. The summed E-state index contributed by atoms with van der Waals surface area (Å²) in [6, 6.07) is 6.42. The van der Waals surface area contributed by atoms with Gasteiger partial charge >= 0.3 is 0 Å². The third-order valence-electron chi connectivity index (χ3n) is 7.48. The Kier molecular flexibility index (Phi) is 4.87. The number of carbonyl (C=O) groups is 2. The molecule has 0 spiro atoms. The first kappa shape index (κ1) is 20.1. The number of halogens is 1. The van der Waals surface area contributed by atoms with Crippen LogP contribution in [0.3, 0.4) is 0 Å². The molecule has 2 aromatic rings. The maximum absolute atomic E-state index is 13.2. The number of fused-ring (bicyclic) bond motifs is 5. The zero-order valence-corrected chi connectivity index (χ0v) is 18.5. The third-order valence-corrected chi connectivity index (χ3v) is 8.38. The molecule has 1 aromatic carbocycles. The van der Waals surface area contributed by atoms with Crippen molar-refractivity contribution in [1.29, 1.82) is 0 Å². The quantitative estimate of drug-likeness (QED) is 0.516. The zero-order chi connectivity index (χ0) is 21.8. The standard InChI is InChI=1S/C24H25FN4O2S/c25-18-5-3-15(4-6-18)19-14-32-24(26-19)28-10-7-27(8-11-28)9-12-29-22(30)20-16-1-2-17(13-16)21(20)23(29)31/h1-6,14,16-17,20-21H,7-13H2/t16-,17+,20-,21-/m0/s1. The molecule has 4 atom stereocenters. The molecule has 2 saturated heterocycles. The maximum Gasteiger partial charge on any atom is 0.233 e. The van der Waals surface area contributed by atoms with Crippen molar-refractivity contribution >= 4 is 28.3 Å². The number of allylic oxidation sites excluding steroid dienone is 2. The van der Waals surface area contributed by atoms with E-state index in [1.807, 2.05) is 5.38 Å². The number of rotatable bonds is 5. The first-order valence-electron chi connectivity index (χ1n) is 11.3. The molecule has 2 amide bonds. The Morgan fingerprint density at radius 1 is 0.938 bits per heavy atom. The Balaban J connectivity index is 1.03. The molecule has 2 aliphatic heterocycles. The predicted molar refractivity (Wildman–Crippen MR) is 121 cm³/mol. The van der Waals surface area contributed by atoms with Gasteiger partial charge < -0.3 is 4.90 Å². The van der Waals surface area contributed by atoms with Gasteiger partial charge in [0.25, 0.3) is 0 Å². The number of hydrogen-bond acceptors (Lipinski definition) is 6. The first-order chi connectivity index (χ1) is 15.6. The van der Waals surface area contributed by atoms with Gasteiger partial charge in [-0.25, -0.2) is 9.37 Å². The molecule has 8 heteroatoms. The lowest BCUT2D eigenvalue weighted by molar-refractivity contribution is -0.140. The average Bonchev–Trinajstić information content (AvgIpc) is 3.59. The smallest absolute Gasteiger partial charge is 0.233 e. The summed E-state index contributed by atoms with van der Waals surface area (Å²) >= 11 is 1.61. The van der Waals surface area contributed by atoms with Crippen LogP contribution in [0.15, 0.2) is 41.8 Å². The second kappa shape index (κ2) is 7.78. The summed E-state index contributed by atoms with van der Waals surface area (Å²) in [4.78, 5) is 36.6. The Bertz CT molecular complexity index is 1050. The summed E-state index contributed by atoms with van der Waals surface area (Å²) in [5.74, 6) is 0.188. The normalized spacial score (nSPS) is 29.4. The SMILES string of the molecule is O=C1[C@@H]2[C@@H](C(=O)N1CCN1CCN(c3nc(-c4ccc(F)cc4)cs3)CC1)[C@H]1C=C[C@@H]2C1. The predicted octanol–water partition coefficient (Wildman–Crippen LogP) is 2.88. The number of amides is 2. The summed E-state index contributed by atoms with van der Waals surface area (Å²) in [5, 5.41) is 2.99. The lowest BCUT2D eigenvalue weighted by Gasteiger charge is -2.35. The van der Waals surface area contributed by atoms with E-state index in [-0.39, 0.29) is 41.3 Å². The molecular formula is C24H25FN4O2S.